The molecule has 0 aliphatic carbocycles. The smallest absolute Gasteiger partial charge is 0.181 e. The summed E-state index contributed by atoms with van der Waals surface area (Å²) in [4.78, 5) is 2.13. The molecule has 3 heteroatoms. The maximum Gasteiger partial charge on any atom is 0.181 e. The minimum Gasteiger partial charge on any atom is -0.483 e. The molecule has 1 heterocycles. The van der Waals surface area contributed by atoms with Crippen molar-refractivity contribution in [3.63, 3.8) is 0 Å². The number of methoxy groups -OCH3 is 1. The first-order valence-electron chi connectivity index (χ1n) is 3.97. The lowest BCUT2D eigenvalue weighted by Gasteiger charge is -2.31. The van der Waals surface area contributed by atoms with E-state index >= 15 is 0 Å². The van der Waals surface area contributed by atoms with Crippen molar-refractivity contribution in [1.29, 1.82) is 0 Å². The summed E-state index contributed by atoms with van der Waals surface area (Å²) in [7, 11) is 1.65. The fraction of sp³-hybridized carbons (Fsp3) is 0.750. The van der Waals surface area contributed by atoms with Crippen LogP contribution in [0.2, 0.25) is 0 Å². The standard InChI is InChI=1S/C8H16N2O/c1-7(11-2)10-5-3-8(9)4-6-10/h8H,1,3-6,9H2,2H3. The summed E-state index contributed by atoms with van der Waals surface area (Å²) in [5.41, 5.74) is 5.74. The predicted molar refractivity (Wildman–Crippen MR) is 44.9 cm³/mol. The zero-order chi connectivity index (χ0) is 8.27. The lowest BCUT2D eigenvalue weighted by Crippen LogP contribution is -2.39. The van der Waals surface area contributed by atoms with Crippen LogP contribution in [0.4, 0.5) is 0 Å². The molecule has 0 aromatic heterocycles. The Bertz CT molecular complexity index is 139. The fourth-order valence-electron chi connectivity index (χ4n) is 1.28. The van der Waals surface area contributed by atoms with Gasteiger partial charge in [0.05, 0.1) is 7.11 Å². The van der Waals surface area contributed by atoms with E-state index in [2.05, 4.69) is 11.5 Å². The van der Waals surface area contributed by atoms with Crippen LogP contribution in [0.3, 0.4) is 0 Å². The number of hydrogen-bond donors (Lipinski definition) is 1. The van der Waals surface area contributed by atoms with Crippen molar-refractivity contribution < 1.29 is 4.74 Å². The second-order valence-corrected chi connectivity index (χ2v) is 2.92. The molecule has 0 amide bonds. The Balaban J connectivity index is 2.33. The highest BCUT2D eigenvalue weighted by Crippen LogP contribution is 2.12. The molecule has 1 saturated heterocycles. The van der Waals surface area contributed by atoms with E-state index in [4.69, 9.17) is 10.5 Å². The largest absolute Gasteiger partial charge is 0.483 e. The highest BCUT2D eigenvalue weighted by atomic mass is 16.5. The van der Waals surface area contributed by atoms with Gasteiger partial charge in [0.25, 0.3) is 0 Å². The first-order valence-corrected chi connectivity index (χ1v) is 3.97. The molecule has 64 valence electrons. The molecule has 0 radical (unpaired) electrons. The van der Waals surface area contributed by atoms with Gasteiger partial charge in [0.2, 0.25) is 0 Å². The molecule has 3 nitrogen and oxygen atoms in total. The van der Waals surface area contributed by atoms with Crippen LogP contribution in [-0.2, 0) is 4.74 Å². The molecule has 0 atom stereocenters. The molecule has 1 rings (SSSR count). The average Bonchev–Trinajstić information content (AvgIpc) is 2.05. The Hall–Kier alpha value is -0.700. The van der Waals surface area contributed by atoms with Crippen LogP contribution in [0.25, 0.3) is 0 Å². The van der Waals surface area contributed by atoms with Crippen LogP contribution in [0, 0.1) is 0 Å². The summed E-state index contributed by atoms with van der Waals surface area (Å²) in [6.07, 6.45) is 2.09. The van der Waals surface area contributed by atoms with Gasteiger partial charge < -0.3 is 15.4 Å². The predicted octanol–water partition coefficient (Wildman–Crippen LogP) is 0.527. The first-order chi connectivity index (χ1) is 5.24. The van der Waals surface area contributed by atoms with E-state index in [0.717, 1.165) is 31.8 Å². The second-order valence-electron chi connectivity index (χ2n) is 2.92. The molecule has 0 unspecified atom stereocenters. The zero-order valence-corrected chi connectivity index (χ0v) is 7.05. The minimum absolute atomic E-state index is 0.371. The second kappa shape index (κ2) is 3.62. The molecular formula is C8H16N2O. The SMILES string of the molecule is C=C(OC)N1CCC(N)CC1. The van der Waals surface area contributed by atoms with Gasteiger partial charge in [-0.15, -0.1) is 0 Å². The van der Waals surface area contributed by atoms with E-state index in [9.17, 15) is 0 Å². The van der Waals surface area contributed by atoms with Crippen LogP contribution in [-0.4, -0.2) is 31.1 Å². The topological polar surface area (TPSA) is 38.5 Å². The number of piperidine rings is 1. The van der Waals surface area contributed by atoms with Crippen molar-refractivity contribution in [2.24, 2.45) is 5.73 Å². The summed E-state index contributed by atoms with van der Waals surface area (Å²) in [6.45, 7) is 5.74. The van der Waals surface area contributed by atoms with Crippen LogP contribution < -0.4 is 5.73 Å². The van der Waals surface area contributed by atoms with Gasteiger partial charge in [0.15, 0.2) is 5.88 Å². The normalized spacial score (nSPS) is 20.0. The van der Waals surface area contributed by atoms with Gasteiger partial charge in [-0.1, -0.05) is 0 Å². The van der Waals surface area contributed by atoms with Crippen molar-refractivity contribution in [1.82, 2.24) is 4.90 Å². The van der Waals surface area contributed by atoms with Crippen molar-refractivity contribution >= 4 is 0 Å². The number of rotatable bonds is 2. The highest BCUT2D eigenvalue weighted by molar-refractivity contribution is 4.87. The van der Waals surface area contributed by atoms with Crippen molar-refractivity contribution in [2.45, 2.75) is 18.9 Å². The van der Waals surface area contributed by atoms with Crippen LogP contribution >= 0.6 is 0 Å². The Labute approximate surface area is 67.8 Å². The Morgan fingerprint density at radius 2 is 2.09 bits per heavy atom. The van der Waals surface area contributed by atoms with E-state index in [0.29, 0.717) is 6.04 Å². The molecule has 0 aromatic carbocycles. The third kappa shape index (κ3) is 2.12. The van der Waals surface area contributed by atoms with E-state index in [-0.39, 0.29) is 0 Å². The number of hydrogen-bond acceptors (Lipinski definition) is 3. The summed E-state index contributed by atoms with van der Waals surface area (Å²) in [5, 5.41) is 0. The third-order valence-corrected chi connectivity index (χ3v) is 2.13. The molecule has 2 N–H and O–H groups in total. The molecule has 0 bridgehead atoms. The van der Waals surface area contributed by atoms with E-state index in [1.807, 2.05) is 0 Å². The van der Waals surface area contributed by atoms with E-state index in [1.165, 1.54) is 0 Å². The maximum absolute atomic E-state index is 5.74. The number of likely N-dealkylation sites (tertiary alicyclic amines) is 1. The van der Waals surface area contributed by atoms with Crippen LogP contribution in [0.15, 0.2) is 12.5 Å². The third-order valence-electron chi connectivity index (χ3n) is 2.13. The minimum atomic E-state index is 0.371. The van der Waals surface area contributed by atoms with Crippen molar-refractivity contribution in [3.05, 3.63) is 12.5 Å². The summed E-state index contributed by atoms with van der Waals surface area (Å²) in [6, 6.07) is 0.371. The lowest BCUT2D eigenvalue weighted by molar-refractivity contribution is 0.131. The van der Waals surface area contributed by atoms with E-state index in [1.54, 1.807) is 7.11 Å². The summed E-state index contributed by atoms with van der Waals surface area (Å²) < 4.78 is 5.02. The average molecular weight is 156 g/mol. The molecular weight excluding hydrogens is 140 g/mol. The molecule has 1 fully saturated rings. The van der Waals surface area contributed by atoms with Gasteiger partial charge in [-0.2, -0.15) is 0 Å². The highest BCUT2D eigenvalue weighted by Gasteiger charge is 2.16. The Morgan fingerprint density at radius 1 is 1.55 bits per heavy atom. The summed E-state index contributed by atoms with van der Waals surface area (Å²) >= 11 is 0. The van der Waals surface area contributed by atoms with Crippen molar-refractivity contribution in [2.75, 3.05) is 20.2 Å². The van der Waals surface area contributed by atoms with Gasteiger partial charge >= 0.3 is 0 Å². The molecule has 0 spiro atoms. The molecule has 1 aliphatic heterocycles. The van der Waals surface area contributed by atoms with Crippen LogP contribution in [0.5, 0.6) is 0 Å². The van der Waals surface area contributed by atoms with E-state index < -0.39 is 0 Å². The molecule has 0 saturated carbocycles. The summed E-state index contributed by atoms with van der Waals surface area (Å²) in [5.74, 6) is 0.761. The Morgan fingerprint density at radius 3 is 2.55 bits per heavy atom. The van der Waals surface area contributed by atoms with Crippen molar-refractivity contribution in [3.8, 4) is 0 Å². The zero-order valence-electron chi connectivity index (χ0n) is 7.05. The first kappa shape index (κ1) is 8.40. The molecule has 11 heavy (non-hydrogen) atoms. The number of ether oxygens (including phenoxy) is 1. The van der Waals surface area contributed by atoms with Gasteiger partial charge in [0.1, 0.15) is 0 Å². The Kier molecular flexibility index (Phi) is 2.76. The van der Waals surface area contributed by atoms with Gasteiger partial charge in [-0.3, -0.25) is 0 Å². The molecule has 0 aromatic rings. The quantitative estimate of drug-likeness (QED) is 0.593. The number of nitrogens with two attached hydrogens (primary N) is 1. The fourth-order valence-corrected chi connectivity index (χ4v) is 1.28. The maximum atomic E-state index is 5.74. The van der Waals surface area contributed by atoms with Gasteiger partial charge in [0, 0.05) is 19.1 Å². The van der Waals surface area contributed by atoms with Gasteiger partial charge in [-0.25, -0.2) is 0 Å². The lowest BCUT2D eigenvalue weighted by atomic mass is 10.1. The van der Waals surface area contributed by atoms with Gasteiger partial charge in [-0.05, 0) is 19.4 Å². The van der Waals surface area contributed by atoms with Crippen LogP contribution in [0.1, 0.15) is 12.8 Å². The molecule has 1 aliphatic rings. The number of nitrogens with zero attached hydrogens (tertiary/aromatic N) is 1. The monoisotopic (exact) mass is 156 g/mol.